The summed E-state index contributed by atoms with van der Waals surface area (Å²) in [5, 5.41) is 2.55. The number of sulfonamides is 1. The van der Waals surface area contributed by atoms with Gasteiger partial charge in [-0.15, -0.1) is 0 Å². The number of nitrogens with zero attached hydrogens (tertiary/aromatic N) is 2. The van der Waals surface area contributed by atoms with E-state index in [0.29, 0.717) is 11.1 Å². The van der Waals surface area contributed by atoms with Crippen LogP contribution < -0.4 is 14.8 Å². The average molecular weight is 482 g/mol. The Balaban J connectivity index is 1.59. The van der Waals surface area contributed by atoms with Crippen LogP contribution in [0.25, 0.3) is 11.5 Å². The van der Waals surface area contributed by atoms with Gasteiger partial charge in [0.05, 0.1) is 24.7 Å². The highest BCUT2D eigenvalue weighted by Crippen LogP contribution is 2.28. The van der Waals surface area contributed by atoms with Gasteiger partial charge in [-0.2, -0.15) is 0 Å². The summed E-state index contributed by atoms with van der Waals surface area (Å²) in [4.78, 5) is 20.5. The van der Waals surface area contributed by atoms with Crippen molar-refractivity contribution in [1.29, 1.82) is 0 Å². The minimum Gasteiger partial charge on any atom is -0.480 e. The molecule has 0 spiro atoms. The van der Waals surface area contributed by atoms with Gasteiger partial charge in [-0.25, -0.2) is 22.8 Å². The molecule has 174 valence electrons. The molecule has 34 heavy (non-hydrogen) atoms. The molecule has 1 amide bonds. The van der Waals surface area contributed by atoms with Crippen LogP contribution in [0.3, 0.4) is 0 Å². The average Bonchev–Trinajstić information content (AvgIpc) is 3.32. The zero-order chi connectivity index (χ0) is 24.3. The molecule has 4 aromatic rings. The van der Waals surface area contributed by atoms with Crippen LogP contribution in [0.2, 0.25) is 0 Å². The first-order valence-electron chi connectivity index (χ1n) is 9.92. The minimum atomic E-state index is -4.19. The summed E-state index contributed by atoms with van der Waals surface area (Å²) in [7, 11) is -2.92. The summed E-state index contributed by atoms with van der Waals surface area (Å²) in [6.45, 7) is 1.56. The zero-order valence-electron chi connectivity index (χ0n) is 18.1. The second-order valence-electron chi connectivity index (χ2n) is 7.15. The van der Waals surface area contributed by atoms with E-state index in [1.165, 1.54) is 37.8 Å². The number of hydrogen-bond acceptors (Lipinski definition) is 7. The highest BCUT2D eigenvalue weighted by atomic mass is 32.2. The van der Waals surface area contributed by atoms with Crippen molar-refractivity contribution in [3.63, 3.8) is 0 Å². The first kappa shape index (κ1) is 22.9. The van der Waals surface area contributed by atoms with Crippen molar-refractivity contribution >= 4 is 27.3 Å². The number of methoxy groups -OCH3 is 1. The first-order valence-corrected chi connectivity index (χ1v) is 11.4. The fourth-order valence-electron chi connectivity index (χ4n) is 3.07. The van der Waals surface area contributed by atoms with Crippen LogP contribution in [0.15, 0.2) is 76.4 Å². The number of benzene rings is 2. The molecule has 2 aromatic carbocycles. The van der Waals surface area contributed by atoms with Crippen molar-refractivity contribution in [2.24, 2.45) is 0 Å². The molecule has 0 aliphatic carbocycles. The van der Waals surface area contributed by atoms with E-state index in [0.717, 1.165) is 6.07 Å². The molecule has 0 bridgehead atoms. The standard InChI is InChI=1S/C23H19FN4O5S/c1-14-10-16(24)8-9-18(14)28-34(30,31)20-11-17(12-25-23(20)32-2)26-21(29)19-13-33-22(27-19)15-6-4-3-5-7-15/h3-13,28H,1-2H3,(H,26,29). The molecule has 9 nitrogen and oxygen atoms in total. The number of pyridine rings is 1. The Hall–Kier alpha value is -4.25. The number of oxazole rings is 1. The molecule has 0 saturated heterocycles. The van der Waals surface area contributed by atoms with Gasteiger partial charge in [-0.05, 0) is 48.9 Å². The molecule has 0 unspecified atom stereocenters. The Morgan fingerprint density at radius 1 is 1.12 bits per heavy atom. The molecule has 0 aliphatic heterocycles. The molecule has 0 atom stereocenters. The second kappa shape index (κ2) is 9.32. The number of carbonyl (C=O) groups is 1. The van der Waals surface area contributed by atoms with Crippen LogP contribution in [-0.4, -0.2) is 31.4 Å². The van der Waals surface area contributed by atoms with E-state index in [9.17, 15) is 17.6 Å². The van der Waals surface area contributed by atoms with Crippen molar-refractivity contribution in [1.82, 2.24) is 9.97 Å². The lowest BCUT2D eigenvalue weighted by Crippen LogP contribution is -2.17. The van der Waals surface area contributed by atoms with Crippen molar-refractivity contribution in [2.45, 2.75) is 11.8 Å². The fourth-order valence-corrected chi connectivity index (χ4v) is 4.35. The third kappa shape index (κ3) is 4.89. The number of carbonyl (C=O) groups excluding carboxylic acids is 1. The van der Waals surface area contributed by atoms with E-state index >= 15 is 0 Å². The summed E-state index contributed by atoms with van der Waals surface area (Å²) < 4.78 is 52.3. The van der Waals surface area contributed by atoms with Gasteiger partial charge in [0.25, 0.3) is 15.9 Å². The number of hydrogen-bond donors (Lipinski definition) is 2. The molecule has 4 rings (SSSR count). The van der Waals surface area contributed by atoms with Crippen molar-refractivity contribution in [3.8, 4) is 17.3 Å². The Kier molecular flexibility index (Phi) is 6.28. The normalized spacial score (nSPS) is 11.1. The van der Waals surface area contributed by atoms with Crippen LogP contribution in [0.4, 0.5) is 15.8 Å². The van der Waals surface area contributed by atoms with Crippen LogP contribution in [-0.2, 0) is 10.0 Å². The van der Waals surface area contributed by atoms with Gasteiger partial charge in [0.1, 0.15) is 12.1 Å². The largest absolute Gasteiger partial charge is 0.480 e. The minimum absolute atomic E-state index is 0.000796. The van der Waals surface area contributed by atoms with E-state index in [-0.39, 0.29) is 33.7 Å². The number of nitrogens with one attached hydrogen (secondary N) is 2. The zero-order valence-corrected chi connectivity index (χ0v) is 18.9. The van der Waals surface area contributed by atoms with Gasteiger partial charge in [-0.3, -0.25) is 9.52 Å². The topological polar surface area (TPSA) is 123 Å². The molecule has 0 aliphatic rings. The third-order valence-corrected chi connectivity index (χ3v) is 6.11. The van der Waals surface area contributed by atoms with Gasteiger partial charge < -0.3 is 14.5 Å². The second-order valence-corrected chi connectivity index (χ2v) is 8.81. The molecule has 2 heterocycles. The van der Waals surface area contributed by atoms with Gasteiger partial charge in [0.2, 0.25) is 11.8 Å². The molecule has 11 heteroatoms. The number of amides is 1. The molecule has 0 radical (unpaired) electrons. The monoisotopic (exact) mass is 482 g/mol. The van der Waals surface area contributed by atoms with E-state index in [1.54, 1.807) is 19.1 Å². The van der Waals surface area contributed by atoms with E-state index in [1.807, 2.05) is 18.2 Å². The van der Waals surface area contributed by atoms with E-state index in [2.05, 4.69) is 20.0 Å². The van der Waals surface area contributed by atoms with Crippen LogP contribution in [0.1, 0.15) is 16.1 Å². The molecule has 0 saturated carbocycles. The number of aryl methyl sites for hydroxylation is 1. The van der Waals surface area contributed by atoms with Gasteiger partial charge in [-0.1, -0.05) is 18.2 Å². The van der Waals surface area contributed by atoms with E-state index < -0.39 is 21.7 Å². The van der Waals surface area contributed by atoms with Gasteiger partial charge in [0.15, 0.2) is 10.6 Å². The highest BCUT2D eigenvalue weighted by molar-refractivity contribution is 7.92. The van der Waals surface area contributed by atoms with Gasteiger partial charge in [0, 0.05) is 5.56 Å². The molecule has 2 N–H and O–H groups in total. The first-order chi connectivity index (χ1) is 16.3. The number of halogens is 1. The van der Waals surface area contributed by atoms with E-state index in [4.69, 9.17) is 9.15 Å². The summed E-state index contributed by atoms with van der Waals surface area (Å²) in [6, 6.07) is 13.9. The Morgan fingerprint density at radius 3 is 2.59 bits per heavy atom. The summed E-state index contributed by atoms with van der Waals surface area (Å²) >= 11 is 0. The molecule has 0 fully saturated rings. The predicted molar refractivity (Wildman–Crippen MR) is 123 cm³/mol. The quantitative estimate of drug-likeness (QED) is 0.404. The highest BCUT2D eigenvalue weighted by Gasteiger charge is 2.23. The van der Waals surface area contributed by atoms with Crippen LogP contribution in [0, 0.1) is 12.7 Å². The number of rotatable bonds is 7. The summed E-state index contributed by atoms with van der Waals surface area (Å²) in [5.74, 6) is -1.03. The lowest BCUT2D eigenvalue weighted by Gasteiger charge is -2.14. The Morgan fingerprint density at radius 2 is 1.88 bits per heavy atom. The maximum Gasteiger partial charge on any atom is 0.277 e. The maximum absolute atomic E-state index is 13.4. The third-order valence-electron chi connectivity index (χ3n) is 4.75. The molecule has 2 aromatic heterocycles. The fraction of sp³-hybridized carbons (Fsp3) is 0.0870. The van der Waals surface area contributed by atoms with Crippen molar-refractivity contribution in [3.05, 3.63) is 84.1 Å². The lowest BCUT2D eigenvalue weighted by atomic mass is 10.2. The van der Waals surface area contributed by atoms with Crippen LogP contribution in [0.5, 0.6) is 5.88 Å². The Bertz CT molecular complexity index is 1460. The summed E-state index contributed by atoms with van der Waals surface area (Å²) in [5.41, 5.74) is 1.36. The SMILES string of the molecule is COc1ncc(NC(=O)c2coc(-c3ccccc3)n2)cc1S(=O)(=O)Nc1ccc(F)cc1C. The smallest absolute Gasteiger partial charge is 0.277 e. The molecular weight excluding hydrogens is 463 g/mol. The lowest BCUT2D eigenvalue weighted by molar-refractivity contribution is 0.102. The summed E-state index contributed by atoms with van der Waals surface area (Å²) in [6.07, 6.45) is 2.45. The molecular formula is C23H19FN4O5S. The number of anilines is 2. The van der Waals surface area contributed by atoms with Crippen molar-refractivity contribution < 1.29 is 26.8 Å². The van der Waals surface area contributed by atoms with Crippen molar-refractivity contribution in [2.75, 3.05) is 17.1 Å². The van der Waals surface area contributed by atoms with Gasteiger partial charge >= 0.3 is 0 Å². The number of aromatic nitrogens is 2. The van der Waals surface area contributed by atoms with Crippen LogP contribution >= 0.6 is 0 Å². The predicted octanol–water partition coefficient (Wildman–Crippen LogP) is 4.25. The maximum atomic E-state index is 13.4. The number of ether oxygens (including phenoxy) is 1. The Labute approximate surface area is 194 Å².